The SMILES string of the molecule is O=[N+]([O-])c1cc(OC(F)(F)C(Cl)Cl)cc([N+](=O)[O-])c1O. The first kappa shape index (κ1) is 16.1. The molecule has 0 amide bonds. The van der Waals surface area contributed by atoms with Gasteiger partial charge in [-0.2, -0.15) is 8.78 Å². The number of nitrogens with zero attached hydrogens (tertiary/aromatic N) is 2. The van der Waals surface area contributed by atoms with E-state index in [1.165, 1.54) is 0 Å². The number of rotatable bonds is 5. The molecule has 1 aromatic rings. The molecule has 0 saturated carbocycles. The first-order valence-electron chi connectivity index (χ1n) is 4.57. The van der Waals surface area contributed by atoms with Crippen molar-refractivity contribution >= 4 is 34.6 Å². The van der Waals surface area contributed by atoms with Crippen LogP contribution in [0, 0.1) is 20.2 Å². The number of benzene rings is 1. The standard InChI is InChI=1S/C8H4Cl2F2N2O6/c9-7(10)8(11,12)20-3-1-4(13(16)17)6(15)5(2-3)14(18)19/h1-2,7,15H. The van der Waals surface area contributed by atoms with Gasteiger partial charge in [-0.25, -0.2) is 0 Å². The Morgan fingerprint density at radius 3 is 1.90 bits per heavy atom. The van der Waals surface area contributed by atoms with E-state index in [2.05, 4.69) is 4.74 Å². The van der Waals surface area contributed by atoms with E-state index in [9.17, 15) is 34.1 Å². The quantitative estimate of drug-likeness (QED) is 0.503. The molecule has 0 unspecified atom stereocenters. The lowest BCUT2D eigenvalue weighted by Gasteiger charge is -2.18. The van der Waals surface area contributed by atoms with Crippen molar-refractivity contribution in [2.45, 2.75) is 10.9 Å². The Bertz CT molecular complexity index is 533. The van der Waals surface area contributed by atoms with Gasteiger partial charge < -0.3 is 9.84 Å². The number of phenols is 1. The number of hydrogen-bond acceptors (Lipinski definition) is 6. The number of ether oxygens (including phenoxy) is 1. The molecule has 0 heterocycles. The lowest BCUT2D eigenvalue weighted by atomic mass is 10.2. The fourth-order valence-electron chi connectivity index (χ4n) is 1.12. The summed E-state index contributed by atoms with van der Waals surface area (Å²) >= 11 is 9.86. The van der Waals surface area contributed by atoms with Gasteiger partial charge in [-0.3, -0.25) is 20.2 Å². The fraction of sp³-hybridized carbons (Fsp3) is 0.250. The highest BCUT2D eigenvalue weighted by Crippen LogP contribution is 2.41. The van der Waals surface area contributed by atoms with E-state index in [1.807, 2.05) is 0 Å². The molecule has 0 aliphatic carbocycles. The largest absolute Gasteiger partial charge is 0.497 e. The normalized spacial score (nSPS) is 11.4. The Hall–Kier alpha value is -1.94. The van der Waals surface area contributed by atoms with Crippen LogP contribution in [0.2, 0.25) is 0 Å². The van der Waals surface area contributed by atoms with E-state index < -0.39 is 43.7 Å². The van der Waals surface area contributed by atoms with Crippen LogP contribution in [-0.4, -0.2) is 25.9 Å². The highest BCUT2D eigenvalue weighted by molar-refractivity contribution is 6.44. The second-order valence-corrected chi connectivity index (χ2v) is 4.39. The van der Waals surface area contributed by atoms with Gasteiger partial charge in [-0.1, -0.05) is 23.2 Å². The van der Waals surface area contributed by atoms with Gasteiger partial charge in [0.1, 0.15) is 5.75 Å². The number of phenolic OH excluding ortho intramolecular Hbond substituents is 1. The van der Waals surface area contributed by atoms with Crippen LogP contribution in [-0.2, 0) is 0 Å². The average Bonchev–Trinajstić information content (AvgIpc) is 2.29. The molecule has 0 aromatic heterocycles. The molecular weight excluding hydrogens is 329 g/mol. The van der Waals surface area contributed by atoms with Crippen molar-refractivity contribution in [3.05, 3.63) is 32.4 Å². The molecule has 0 aliphatic rings. The molecule has 0 aliphatic heterocycles. The number of nitro groups is 2. The fourth-order valence-corrected chi connectivity index (χ4v) is 1.21. The van der Waals surface area contributed by atoms with Crippen molar-refractivity contribution in [2.75, 3.05) is 0 Å². The molecule has 0 radical (unpaired) electrons. The first-order valence-corrected chi connectivity index (χ1v) is 5.44. The number of nitro benzene ring substituents is 2. The van der Waals surface area contributed by atoms with Crippen LogP contribution >= 0.6 is 23.2 Å². The summed E-state index contributed by atoms with van der Waals surface area (Å²) in [6, 6.07) is 0.763. The highest BCUT2D eigenvalue weighted by Gasteiger charge is 2.41. The number of hydrogen-bond donors (Lipinski definition) is 1. The van der Waals surface area contributed by atoms with E-state index in [-0.39, 0.29) is 0 Å². The summed E-state index contributed by atoms with van der Waals surface area (Å²) in [6.07, 6.45) is -4.14. The molecule has 8 nitrogen and oxygen atoms in total. The summed E-state index contributed by atoms with van der Waals surface area (Å²) in [4.78, 5) is 16.4. The Morgan fingerprint density at radius 1 is 1.20 bits per heavy atom. The number of halogens is 4. The second-order valence-electron chi connectivity index (χ2n) is 3.29. The molecular formula is C8H4Cl2F2N2O6. The predicted molar refractivity (Wildman–Crippen MR) is 62.5 cm³/mol. The smallest absolute Gasteiger partial charge is 0.428 e. The third kappa shape index (κ3) is 3.33. The molecule has 0 spiro atoms. The highest BCUT2D eigenvalue weighted by atomic mass is 35.5. The average molecular weight is 333 g/mol. The van der Waals surface area contributed by atoms with Crippen molar-refractivity contribution in [1.29, 1.82) is 0 Å². The van der Waals surface area contributed by atoms with E-state index in [0.29, 0.717) is 12.1 Å². The molecule has 0 fully saturated rings. The zero-order chi connectivity index (χ0) is 15.7. The maximum Gasteiger partial charge on any atom is 0.428 e. The molecule has 12 heteroatoms. The van der Waals surface area contributed by atoms with Crippen LogP contribution in [0.25, 0.3) is 0 Å². The predicted octanol–water partition coefficient (Wildman–Crippen LogP) is 2.98. The van der Waals surface area contributed by atoms with Gasteiger partial charge in [0, 0.05) is 0 Å². The second kappa shape index (κ2) is 5.59. The van der Waals surface area contributed by atoms with Crippen LogP contribution in [0.5, 0.6) is 11.5 Å². The van der Waals surface area contributed by atoms with Gasteiger partial charge in [0.2, 0.25) is 4.84 Å². The summed E-state index contributed by atoms with van der Waals surface area (Å²) in [5.74, 6) is -2.23. The van der Waals surface area contributed by atoms with Gasteiger partial charge in [0.15, 0.2) is 0 Å². The van der Waals surface area contributed by atoms with Gasteiger partial charge >= 0.3 is 17.5 Å². The Morgan fingerprint density at radius 2 is 1.60 bits per heavy atom. The van der Waals surface area contributed by atoms with Crippen LogP contribution in [0.15, 0.2) is 12.1 Å². The third-order valence-electron chi connectivity index (χ3n) is 1.94. The topological polar surface area (TPSA) is 116 Å². The van der Waals surface area contributed by atoms with E-state index in [1.54, 1.807) is 0 Å². The minimum atomic E-state index is -4.14. The lowest BCUT2D eigenvalue weighted by molar-refractivity contribution is -0.396. The minimum Gasteiger partial charge on any atom is -0.497 e. The van der Waals surface area contributed by atoms with Crippen LogP contribution in [0.4, 0.5) is 20.2 Å². The van der Waals surface area contributed by atoms with Gasteiger partial charge in [-0.15, -0.1) is 0 Å². The molecule has 110 valence electrons. The van der Waals surface area contributed by atoms with Crippen LogP contribution < -0.4 is 4.74 Å². The summed E-state index contributed by atoms with van der Waals surface area (Å²) in [5.41, 5.74) is -2.35. The third-order valence-corrected chi connectivity index (χ3v) is 2.45. The first-order chi connectivity index (χ1) is 9.06. The minimum absolute atomic E-state index is 0.381. The van der Waals surface area contributed by atoms with Crippen molar-refractivity contribution < 1.29 is 28.5 Å². The van der Waals surface area contributed by atoms with E-state index in [4.69, 9.17) is 23.2 Å². The number of aromatic hydroxyl groups is 1. The van der Waals surface area contributed by atoms with Crippen molar-refractivity contribution in [3.63, 3.8) is 0 Å². The zero-order valence-corrected chi connectivity index (χ0v) is 10.6. The summed E-state index contributed by atoms with van der Waals surface area (Å²) in [6.45, 7) is 0. The Labute approximate surface area is 118 Å². The van der Waals surface area contributed by atoms with Gasteiger partial charge in [0.25, 0.3) is 5.75 Å². The number of alkyl halides is 4. The zero-order valence-electron chi connectivity index (χ0n) is 9.13. The lowest BCUT2D eigenvalue weighted by Crippen LogP contribution is -2.32. The molecule has 0 saturated heterocycles. The van der Waals surface area contributed by atoms with E-state index >= 15 is 0 Å². The molecule has 1 aromatic carbocycles. The maximum absolute atomic E-state index is 13.1. The van der Waals surface area contributed by atoms with E-state index in [0.717, 1.165) is 0 Å². The molecule has 20 heavy (non-hydrogen) atoms. The Balaban J connectivity index is 3.35. The van der Waals surface area contributed by atoms with Crippen LogP contribution in [0.1, 0.15) is 0 Å². The van der Waals surface area contributed by atoms with Crippen molar-refractivity contribution in [3.8, 4) is 11.5 Å². The Kier molecular flexibility index (Phi) is 4.50. The summed E-state index contributed by atoms with van der Waals surface area (Å²) < 4.78 is 30.2. The molecule has 1 rings (SSSR count). The van der Waals surface area contributed by atoms with Gasteiger partial charge in [0.05, 0.1) is 22.0 Å². The summed E-state index contributed by atoms with van der Waals surface area (Å²) in [7, 11) is 0. The molecule has 0 atom stereocenters. The van der Waals surface area contributed by atoms with Crippen LogP contribution in [0.3, 0.4) is 0 Å². The molecule has 0 bridgehead atoms. The van der Waals surface area contributed by atoms with Crippen molar-refractivity contribution in [1.82, 2.24) is 0 Å². The summed E-state index contributed by atoms with van der Waals surface area (Å²) in [5, 5.41) is 30.4. The van der Waals surface area contributed by atoms with Crippen molar-refractivity contribution in [2.24, 2.45) is 0 Å². The molecule has 1 N–H and O–H groups in total. The van der Waals surface area contributed by atoms with Gasteiger partial charge in [-0.05, 0) is 0 Å². The maximum atomic E-state index is 13.1. The monoisotopic (exact) mass is 332 g/mol.